The van der Waals surface area contributed by atoms with Gasteiger partial charge < -0.3 is 10.5 Å². The molecule has 0 radical (unpaired) electrons. The van der Waals surface area contributed by atoms with Gasteiger partial charge in [-0.1, -0.05) is 32.0 Å². The van der Waals surface area contributed by atoms with Crippen molar-refractivity contribution >= 4 is 0 Å². The third kappa shape index (κ3) is 2.56. The minimum Gasteiger partial charge on any atom is -0.493 e. The number of hydrogen-bond donors (Lipinski definition) is 1. The lowest BCUT2D eigenvalue weighted by Gasteiger charge is -2.12. The van der Waals surface area contributed by atoms with Gasteiger partial charge in [0.1, 0.15) is 5.75 Å². The molecule has 0 unspecified atom stereocenters. The first-order valence-electron chi connectivity index (χ1n) is 6.14. The highest BCUT2D eigenvalue weighted by Crippen LogP contribution is 2.49. The van der Waals surface area contributed by atoms with Gasteiger partial charge in [-0.3, -0.25) is 0 Å². The van der Waals surface area contributed by atoms with Crippen molar-refractivity contribution in [3.8, 4) is 5.75 Å². The Morgan fingerprint density at radius 3 is 2.75 bits per heavy atom. The fourth-order valence-electron chi connectivity index (χ4n) is 2.06. The van der Waals surface area contributed by atoms with Crippen LogP contribution in [-0.4, -0.2) is 13.2 Å². The maximum absolute atomic E-state index is 5.85. The number of rotatable bonds is 5. The number of para-hydroxylation sites is 1. The zero-order valence-corrected chi connectivity index (χ0v) is 10.1. The van der Waals surface area contributed by atoms with Crippen molar-refractivity contribution in [2.24, 2.45) is 17.6 Å². The van der Waals surface area contributed by atoms with Crippen molar-refractivity contribution in [3.63, 3.8) is 0 Å². The number of nitrogens with two attached hydrogens (primary N) is 1. The average Bonchev–Trinajstić information content (AvgIpc) is 3.06. The smallest absolute Gasteiger partial charge is 0.122 e. The van der Waals surface area contributed by atoms with E-state index in [1.54, 1.807) is 0 Å². The van der Waals surface area contributed by atoms with Crippen LogP contribution in [0.1, 0.15) is 31.7 Å². The van der Waals surface area contributed by atoms with Gasteiger partial charge in [-0.15, -0.1) is 0 Å². The van der Waals surface area contributed by atoms with Crippen molar-refractivity contribution in [2.75, 3.05) is 13.2 Å². The summed E-state index contributed by atoms with van der Waals surface area (Å²) in [4.78, 5) is 0. The molecular formula is C14H21NO. The topological polar surface area (TPSA) is 35.2 Å². The van der Waals surface area contributed by atoms with Crippen LogP contribution in [0, 0.1) is 11.8 Å². The standard InChI is InChI=1S/C14H21NO/c1-10(2)9-16-14-6-4-3-5-12(14)13-7-11(13)8-15/h3-6,10-11,13H,7-9,15H2,1-2H3/t11-,13+/m1/s1. The Hall–Kier alpha value is -1.02. The Morgan fingerprint density at radius 1 is 1.38 bits per heavy atom. The van der Waals surface area contributed by atoms with Crippen LogP contribution in [-0.2, 0) is 0 Å². The second-order valence-corrected chi connectivity index (χ2v) is 5.08. The second-order valence-electron chi connectivity index (χ2n) is 5.08. The van der Waals surface area contributed by atoms with Crippen molar-refractivity contribution < 1.29 is 4.74 Å². The largest absolute Gasteiger partial charge is 0.493 e. The van der Waals surface area contributed by atoms with E-state index < -0.39 is 0 Å². The number of ether oxygens (including phenoxy) is 1. The van der Waals surface area contributed by atoms with Crippen LogP contribution in [0.3, 0.4) is 0 Å². The van der Waals surface area contributed by atoms with Gasteiger partial charge in [-0.2, -0.15) is 0 Å². The number of hydrogen-bond acceptors (Lipinski definition) is 2. The van der Waals surface area contributed by atoms with Crippen LogP contribution in [0.25, 0.3) is 0 Å². The fraction of sp³-hybridized carbons (Fsp3) is 0.571. The maximum Gasteiger partial charge on any atom is 0.122 e. The Morgan fingerprint density at radius 2 is 2.12 bits per heavy atom. The molecule has 1 aliphatic carbocycles. The molecule has 0 bridgehead atoms. The van der Waals surface area contributed by atoms with Gasteiger partial charge in [0.15, 0.2) is 0 Å². The summed E-state index contributed by atoms with van der Waals surface area (Å²) < 4.78 is 5.85. The minimum atomic E-state index is 0.567. The zero-order chi connectivity index (χ0) is 11.5. The van der Waals surface area contributed by atoms with Gasteiger partial charge in [0.2, 0.25) is 0 Å². The normalized spacial score (nSPS) is 23.5. The molecule has 0 aliphatic heterocycles. The Balaban J connectivity index is 2.06. The third-order valence-corrected chi connectivity index (χ3v) is 3.12. The van der Waals surface area contributed by atoms with Crippen molar-refractivity contribution in [2.45, 2.75) is 26.2 Å². The van der Waals surface area contributed by atoms with Crippen LogP contribution >= 0.6 is 0 Å². The Kier molecular flexibility index (Phi) is 3.49. The van der Waals surface area contributed by atoms with Crippen LogP contribution in [0.2, 0.25) is 0 Å². The fourth-order valence-corrected chi connectivity index (χ4v) is 2.06. The molecule has 0 amide bonds. The lowest BCUT2D eigenvalue weighted by Crippen LogP contribution is -2.07. The van der Waals surface area contributed by atoms with Gasteiger partial charge in [-0.05, 0) is 42.3 Å². The van der Waals surface area contributed by atoms with Crippen molar-refractivity contribution in [1.82, 2.24) is 0 Å². The third-order valence-electron chi connectivity index (χ3n) is 3.12. The molecule has 0 aromatic heterocycles. The van der Waals surface area contributed by atoms with Crippen LogP contribution in [0.15, 0.2) is 24.3 Å². The highest BCUT2D eigenvalue weighted by molar-refractivity contribution is 5.39. The summed E-state index contributed by atoms with van der Waals surface area (Å²) in [6, 6.07) is 8.38. The van der Waals surface area contributed by atoms with E-state index >= 15 is 0 Å². The lowest BCUT2D eigenvalue weighted by molar-refractivity contribution is 0.268. The molecule has 1 aromatic rings. The summed E-state index contributed by atoms with van der Waals surface area (Å²) in [5, 5.41) is 0. The predicted octanol–water partition coefficient (Wildman–Crippen LogP) is 2.78. The van der Waals surface area contributed by atoms with E-state index in [0.717, 1.165) is 18.9 Å². The first kappa shape index (κ1) is 11.5. The first-order valence-corrected chi connectivity index (χ1v) is 6.14. The van der Waals surface area contributed by atoms with Gasteiger partial charge in [-0.25, -0.2) is 0 Å². The highest BCUT2D eigenvalue weighted by Gasteiger charge is 2.38. The van der Waals surface area contributed by atoms with E-state index in [4.69, 9.17) is 10.5 Å². The molecule has 2 rings (SSSR count). The van der Waals surface area contributed by atoms with E-state index in [1.807, 2.05) is 6.07 Å². The molecule has 88 valence electrons. The zero-order valence-electron chi connectivity index (χ0n) is 10.1. The molecule has 2 N–H and O–H groups in total. The molecule has 1 aliphatic rings. The highest BCUT2D eigenvalue weighted by atomic mass is 16.5. The molecule has 0 heterocycles. The molecule has 2 atom stereocenters. The summed E-state index contributed by atoms with van der Waals surface area (Å²) in [5.74, 6) is 2.92. The van der Waals surface area contributed by atoms with E-state index in [-0.39, 0.29) is 0 Å². The SMILES string of the molecule is CC(C)COc1ccccc1[C@H]1C[C@@H]1CN. The van der Waals surface area contributed by atoms with E-state index in [2.05, 4.69) is 32.0 Å². The second kappa shape index (κ2) is 4.88. The average molecular weight is 219 g/mol. The van der Waals surface area contributed by atoms with Gasteiger partial charge in [0, 0.05) is 0 Å². The van der Waals surface area contributed by atoms with E-state index in [0.29, 0.717) is 17.8 Å². The van der Waals surface area contributed by atoms with Crippen molar-refractivity contribution in [3.05, 3.63) is 29.8 Å². The van der Waals surface area contributed by atoms with Gasteiger partial charge in [0.05, 0.1) is 6.61 Å². The summed E-state index contributed by atoms with van der Waals surface area (Å²) in [6.45, 7) is 5.92. The van der Waals surface area contributed by atoms with Gasteiger partial charge >= 0.3 is 0 Å². The summed E-state index contributed by atoms with van der Waals surface area (Å²) in [6.07, 6.45) is 1.22. The first-order chi connectivity index (χ1) is 7.72. The molecule has 1 saturated carbocycles. The minimum absolute atomic E-state index is 0.567. The molecule has 16 heavy (non-hydrogen) atoms. The van der Waals surface area contributed by atoms with Crippen LogP contribution < -0.4 is 10.5 Å². The van der Waals surface area contributed by atoms with Crippen LogP contribution in [0.5, 0.6) is 5.75 Å². The Labute approximate surface area is 97.8 Å². The molecule has 0 saturated heterocycles. The molecule has 2 heteroatoms. The lowest BCUT2D eigenvalue weighted by atomic mass is 10.1. The van der Waals surface area contributed by atoms with Crippen LogP contribution in [0.4, 0.5) is 0 Å². The Bertz CT molecular complexity index is 348. The summed E-state index contributed by atoms with van der Waals surface area (Å²) in [7, 11) is 0. The summed E-state index contributed by atoms with van der Waals surface area (Å²) >= 11 is 0. The molecule has 0 spiro atoms. The van der Waals surface area contributed by atoms with Crippen molar-refractivity contribution in [1.29, 1.82) is 0 Å². The van der Waals surface area contributed by atoms with Gasteiger partial charge in [0.25, 0.3) is 0 Å². The van der Waals surface area contributed by atoms with E-state index in [1.165, 1.54) is 12.0 Å². The molecule has 1 fully saturated rings. The summed E-state index contributed by atoms with van der Waals surface area (Å²) in [5.41, 5.74) is 7.04. The molecule has 2 nitrogen and oxygen atoms in total. The quantitative estimate of drug-likeness (QED) is 0.826. The van der Waals surface area contributed by atoms with E-state index in [9.17, 15) is 0 Å². The molecular weight excluding hydrogens is 198 g/mol. The maximum atomic E-state index is 5.85. The monoisotopic (exact) mass is 219 g/mol. The molecule has 1 aromatic carbocycles. The predicted molar refractivity (Wildman–Crippen MR) is 66.7 cm³/mol. The number of benzene rings is 1.